The number of rotatable bonds is 7. The van der Waals surface area contributed by atoms with Crippen LogP contribution in [0.5, 0.6) is 0 Å². The van der Waals surface area contributed by atoms with Gasteiger partial charge in [0, 0.05) is 21.1 Å². The Bertz CT molecular complexity index is 855. The summed E-state index contributed by atoms with van der Waals surface area (Å²) in [4.78, 5) is 28.8. The highest BCUT2D eigenvalue weighted by atomic mass is 79.9. The predicted molar refractivity (Wildman–Crippen MR) is 117 cm³/mol. The highest BCUT2D eigenvalue weighted by Crippen LogP contribution is 2.38. The number of amides is 3. The van der Waals surface area contributed by atoms with Gasteiger partial charge >= 0.3 is 6.03 Å². The monoisotopic (exact) mass is 508 g/mol. The van der Waals surface area contributed by atoms with Crippen LogP contribution in [0.1, 0.15) is 39.0 Å². The molecule has 0 spiro atoms. The van der Waals surface area contributed by atoms with E-state index in [0.717, 1.165) is 33.1 Å². The average molecular weight is 510 g/mol. The van der Waals surface area contributed by atoms with E-state index >= 15 is 0 Å². The molecule has 1 fully saturated rings. The lowest BCUT2D eigenvalue weighted by Gasteiger charge is -2.30. The van der Waals surface area contributed by atoms with Gasteiger partial charge in [-0.15, -0.1) is 0 Å². The maximum atomic E-state index is 13.2. The molecule has 2 aromatic carbocycles. The summed E-state index contributed by atoms with van der Waals surface area (Å²) in [5.74, 6) is -0.612. The van der Waals surface area contributed by atoms with E-state index in [2.05, 4.69) is 38.8 Å². The minimum atomic E-state index is -1.90. The summed E-state index contributed by atoms with van der Waals surface area (Å²) in [5.41, 5.74) is -0.977. The lowest BCUT2D eigenvalue weighted by atomic mass is 10.0. The maximum Gasteiger partial charge on any atom is 0.338 e. The summed E-state index contributed by atoms with van der Waals surface area (Å²) in [6.45, 7) is 2.10. The van der Waals surface area contributed by atoms with Crippen molar-refractivity contribution in [2.45, 2.75) is 44.8 Å². The highest BCUT2D eigenvalue weighted by Gasteiger charge is 2.57. The lowest BCUT2D eigenvalue weighted by molar-refractivity contribution is -0.133. The van der Waals surface area contributed by atoms with Crippen LogP contribution in [-0.4, -0.2) is 22.8 Å². The van der Waals surface area contributed by atoms with Crippen molar-refractivity contribution in [1.29, 1.82) is 0 Å². The molecule has 3 rings (SSSR count). The first-order valence-corrected chi connectivity index (χ1v) is 10.9. The molecular formula is C21H22Br2N2O3. The fourth-order valence-corrected chi connectivity index (χ4v) is 3.90. The molecule has 5 nitrogen and oxygen atoms in total. The number of urea groups is 1. The van der Waals surface area contributed by atoms with E-state index in [4.69, 9.17) is 0 Å². The Hall–Kier alpha value is -1.70. The van der Waals surface area contributed by atoms with Crippen LogP contribution in [0.4, 0.5) is 16.2 Å². The quantitative estimate of drug-likeness (QED) is 0.376. The van der Waals surface area contributed by atoms with Gasteiger partial charge in [0.15, 0.2) is 0 Å². The van der Waals surface area contributed by atoms with Crippen molar-refractivity contribution in [2.24, 2.45) is 0 Å². The number of imide groups is 1. The zero-order chi connectivity index (χ0) is 20.3. The summed E-state index contributed by atoms with van der Waals surface area (Å²) in [6.07, 6.45) is 3.82. The predicted octanol–water partition coefficient (Wildman–Crippen LogP) is 5.84. The molecule has 0 saturated carbocycles. The standard InChI is InChI=1S/C21H22Br2N2O3/c1-2-3-4-5-14-21(28)19(26)24(17-10-6-15(22)7-11-17)20(27)25(21)18-12-8-16(23)9-13-18/h6-13,28H,2-5,14H2,1H3. The Kier molecular flexibility index (Phi) is 6.58. The van der Waals surface area contributed by atoms with Crippen LogP contribution in [0.2, 0.25) is 0 Å². The van der Waals surface area contributed by atoms with Gasteiger partial charge in [0.1, 0.15) is 0 Å². The lowest BCUT2D eigenvalue weighted by Crippen LogP contribution is -2.50. The third-order valence-corrected chi connectivity index (χ3v) is 5.90. The summed E-state index contributed by atoms with van der Waals surface area (Å²) < 4.78 is 1.69. The number of benzene rings is 2. The van der Waals surface area contributed by atoms with Crippen LogP contribution in [0.25, 0.3) is 0 Å². The van der Waals surface area contributed by atoms with Crippen molar-refractivity contribution in [1.82, 2.24) is 0 Å². The van der Waals surface area contributed by atoms with Crippen LogP contribution < -0.4 is 9.80 Å². The van der Waals surface area contributed by atoms with E-state index < -0.39 is 17.7 Å². The smallest absolute Gasteiger partial charge is 0.338 e. The first kappa shape index (κ1) is 21.0. The Morgan fingerprint density at radius 3 is 1.93 bits per heavy atom. The number of carbonyl (C=O) groups excluding carboxylic acids is 2. The zero-order valence-corrected chi connectivity index (χ0v) is 18.7. The molecule has 1 N–H and O–H groups in total. The van der Waals surface area contributed by atoms with E-state index in [9.17, 15) is 14.7 Å². The fourth-order valence-electron chi connectivity index (χ4n) is 3.37. The number of nitrogens with zero attached hydrogens (tertiary/aromatic N) is 2. The summed E-state index contributed by atoms with van der Waals surface area (Å²) >= 11 is 6.73. The molecule has 28 heavy (non-hydrogen) atoms. The second-order valence-corrected chi connectivity index (χ2v) is 8.67. The van der Waals surface area contributed by atoms with Crippen molar-refractivity contribution >= 4 is 55.2 Å². The van der Waals surface area contributed by atoms with Gasteiger partial charge in [-0.25, -0.2) is 9.69 Å². The van der Waals surface area contributed by atoms with E-state index in [0.29, 0.717) is 17.8 Å². The van der Waals surface area contributed by atoms with Gasteiger partial charge in [0.05, 0.1) is 5.69 Å². The van der Waals surface area contributed by atoms with Crippen LogP contribution in [0, 0.1) is 0 Å². The number of hydrogen-bond acceptors (Lipinski definition) is 3. The van der Waals surface area contributed by atoms with Gasteiger partial charge in [-0.1, -0.05) is 58.0 Å². The number of hydrogen-bond donors (Lipinski definition) is 1. The van der Waals surface area contributed by atoms with Crippen LogP contribution in [-0.2, 0) is 4.79 Å². The highest BCUT2D eigenvalue weighted by molar-refractivity contribution is 9.10. The van der Waals surface area contributed by atoms with Crippen molar-refractivity contribution in [2.75, 3.05) is 9.80 Å². The Labute approximate surface area is 181 Å². The third kappa shape index (κ3) is 4.02. The van der Waals surface area contributed by atoms with E-state index in [1.165, 1.54) is 4.90 Å². The topological polar surface area (TPSA) is 60.9 Å². The minimum absolute atomic E-state index is 0.195. The average Bonchev–Trinajstić information content (AvgIpc) is 2.87. The van der Waals surface area contributed by atoms with Crippen molar-refractivity contribution < 1.29 is 14.7 Å². The van der Waals surface area contributed by atoms with Gasteiger partial charge in [0.25, 0.3) is 5.91 Å². The largest absolute Gasteiger partial charge is 0.363 e. The molecule has 148 valence electrons. The van der Waals surface area contributed by atoms with Crippen LogP contribution in [0.3, 0.4) is 0 Å². The van der Waals surface area contributed by atoms with E-state index in [-0.39, 0.29) is 6.42 Å². The van der Waals surface area contributed by atoms with E-state index in [1.54, 1.807) is 48.5 Å². The normalized spacial score (nSPS) is 19.6. The summed E-state index contributed by atoms with van der Waals surface area (Å²) in [6, 6.07) is 13.4. The molecule has 2 aromatic rings. The number of unbranched alkanes of at least 4 members (excludes halogenated alkanes) is 3. The number of anilines is 2. The zero-order valence-electron chi connectivity index (χ0n) is 15.6. The number of carbonyl (C=O) groups is 2. The maximum absolute atomic E-state index is 13.2. The van der Waals surface area contributed by atoms with Crippen molar-refractivity contribution in [3.63, 3.8) is 0 Å². The number of halogens is 2. The fraction of sp³-hybridized carbons (Fsp3) is 0.333. The molecule has 0 aliphatic carbocycles. The molecule has 1 heterocycles. The third-order valence-electron chi connectivity index (χ3n) is 4.85. The Balaban J connectivity index is 2.00. The summed E-state index contributed by atoms with van der Waals surface area (Å²) in [7, 11) is 0. The molecule has 1 saturated heterocycles. The molecule has 1 aliphatic heterocycles. The van der Waals surface area contributed by atoms with Gasteiger partial charge in [-0.05, 0) is 55.0 Å². The SMILES string of the molecule is CCCCCCC1(O)C(=O)N(c2ccc(Br)cc2)C(=O)N1c1ccc(Br)cc1. The van der Waals surface area contributed by atoms with Gasteiger partial charge in [-0.2, -0.15) is 0 Å². The molecular weight excluding hydrogens is 488 g/mol. The van der Waals surface area contributed by atoms with Crippen LogP contribution in [0.15, 0.2) is 57.5 Å². The van der Waals surface area contributed by atoms with Gasteiger partial charge < -0.3 is 5.11 Å². The molecule has 1 aliphatic rings. The molecule has 1 unspecified atom stereocenters. The molecule has 0 radical (unpaired) electrons. The van der Waals surface area contributed by atoms with Crippen molar-refractivity contribution in [3.8, 4) is 0 Å². The second kappa shape index (κ2) is 8.76. The molecule has 3 amide bonds. The van der Waals surface area contributed by atoms with Crippen LogP contribution >= 0.6 is 31.9 Å². The minimum Gasteiger partial charge on any atom is -0.363 e. The molecule has 7 heteroatoms. The molecule has 0 aromatic heterocycles. The second-order valence-electron chi connectivity index (χ2n) is 6.84. The first-order valence-electron chi connectivity index (χ1n) is 9.30. The van der Waals surface area contributed by atoms with E-state index in [1.807, 2.05) is 0 Å². The summed E-state index contributed by atoms with van der Waals surface area (Å²) in [5, 5.41) is 11.4. The molecule has 0 bridgehead atoms. The Morgan fingerprint density at radius 2 is 1.39 bits per heavy atom. The van der Waals surface area contributed by atoms with Crippen molar-refractivity contribution in [3.05, 3.63) is 57.5 Å². The number of aliphatic hydroxyl groups is 1. The van der Waals surface area contributed by atoms with Gasteiger partial charge in [0.2, 0.25) is 5.72 Å². The molecule has 1 atom stereocenters. The Morgan fingerprint density at radius 1 is 0.857 bits per heavy atom. The van der Waals surface area contributed by atoms with Gasteiger partial charge in [-0.3, -0.25) is 9.69 Å². The first-order chi connectivity index (χ1) is 13.4.